The molecule has 2 aromatic carbocycles. The van der Waals surface area contributed by atoms with Crippen LogP contribution in [0, 0.1) is 5.82 Å². The van der Waals surface area contributed by atoms with E-state index in [1.807, 2.05) is 28.8 Å². The molecule has 0 saturated carbocycles. The van der Waals surface area contributed by atoms with E-state index in [1.165, 1.54) is 11.6 Å². The fourth-order valence-electron chi connectivity index (χ4n) is 3.60. The number of benzene rings is 2. The molecule has 0 radical (unpaired) electrons. The van der Waals surface area contributed by atoms with Crippen LogP contribution in [-0.2, 0) is 19.4 Å². The molecule has 0 unspecified atom stereocenters. The van der Waals surface area contributed by atoms with Gasteiger partial charge < -0.3 is 9.47 Å². The highest BCUT2D eigenvalue weighted by atomic mass is 19.1. The number of hydrogen-bond acceptors (Lipinski definition) is 1. The molecule has 1 amide bonds. The summed E-state index contributed by atoms with van der Waals surface area (Å²) in [6.07, 6.45) is 1.54. The third kappa shape index (κ3) is 2.30. The lowest BCUT2D eigenvalue weighted by Crippen LogP contribution is -2.35. The second-order valence-corrected chi connectivity index (χ2v) is 6.33. The molecular formula is C20H19FN2O. The van der Waals surface area contributed by atoms with E-state index in [0.717, 1.165) is 23.8 Å². The van der Waals surface area contributed by atoms with Crippen LogP contribution >= 0.6 is 0 Å². The van der Waals surface area contributed by atoms with Gasteiger partial charge in [-0.05, 0) is 30.0 Å². The van der Waals surface area contributed by atoms with Crippen molar-refractivity contribution in [2.45, 2.75) is 19.4 Å². The highest BCUT2D eigenvalue weighted by Gasteiger charge is 2.29. The summed E-state index contributed by atoms with van der Waals surface area (Å²) in [5, 5.41) is 0.875. The van der Waals surface area contributed by atoms with E-state index >= 15 is 0 Å². The molecule has 0 atom stereocenters. The third-order valence-electron chi connectivity index (χ3n) is 4.85. The third-order valence-corrected chi connectivity index (χ3v) is 4.85. The van der Waals surface area contributed by atoms with Crippen molar-refractivity contribution < 1.29 is 9.18 Å². The number of halogens is 1. The minimum absolute atomic E-state index is 0.0140. The molecule has 0 saturated heterocycles. The maximum Gasteiger partial charge on any atom is 0.270 e. The molecule has 122 valence electrons. The van der Waals surface area contributed by atoms with Crippen molar-refractivity contribution in [3.05, 3.63) is 71.2 Å². The first kappa shape index (κ1) is 14.9. The molecular weight excluding hydrogens is 303 g/mol. The Labute approximate surface area is 140 Å². The summed E-state index contributed by atoms with van der Waals surface area (Å²) in [6, 6.07) is 15.2. The summed E-state index contributed by atoms with van der Waals surface area (Å²) in [5.41, 5.74) is 3.38. The lowest BCUT2D eigenvalue weighted by Gasteiger charge is -2.24. The van der Waals surface area contributed by atoms with Crippen molar-refractivity contribution in [2.24, 2.45) is 0 Å². The largest absolute Gasteiger partial charge is 0.340 e. The summed E-state index contributed by atoms with van der Waals surface area (Å²) in [4.78, 5) is 14.4. The van der Waals surface area contributed by atoms with Crippen molar-refractivity contribution in [3.63, 3.8) is 0 Å². The van der Waals surface area contributed by atoms with Crippen LogP contribution in [-0.4, -0.2) is 29.0 Å². The summed E-state index contributed by atoms with van der Waals surface area (Å²) >= 11 is 0. The van der Waals surface area contributed by atoms with Gasteiger partial charge in [-0.2, -0.15) is 0 Å². The first-order chi connectivity index (χ1) is 11.7. The van der Waals surface area contributed by atoms with E-state index < -0.39 is 0 Å². The Balaban J connectivity index is 1.85. The Morgan fingerprint density at radius 1 is 1.08 bits per heavy atom. The van der Waals surface area contributed by atoms with Crippen LogP contribution in [0.15, 0.2) is 48.5 Å². The molecule has 4 heteroatoms. The number of aromatic nitrogens is 1. The molecule has 24 heavy (non-hydrogen) atoms. The van der Waals surface area contributed by atoms with Gasteiger partial charge in [-0.15, -0.1) is 0 Å². The smallest absolute Gasteiger partial charge is 0.270 e. The highest BCUT2D eigenvalue weighted by molar-refractivity contribution is 6.03. The van der Waals surface area contributed by atoms with Crippen molar-refractivity contribution in [1.29, 1.82) is 0 Å². The number of carbonyl (C=O) groups is 1. The van der Waals surface area contributed by atoms with Crippen LogP contribution in [0.1, 0.15) is 21.6 Å². The zero-order valence-electron chi connectivity index (χ0n) is 13.6. The number of amides is 1. The quantitative estimate of drug-likeness (QED) is 0.722. The fraction of sp³-hybridized carbons (Fsp3) is 0.250. The molecule has 0 aliphatic carbocycles. The average Bonchev–Trinajstić information content (AvgIpc) is 2.93. The van der Waals surface area contributed by atoms with Crippen molar-refractivity contribution in [1.82, 2.24) is 9.47 Å². The molecule has 4 rings (SSSR count). The zero-order chi connectivity index (χ0) is 16.7. The van der Waals surface area contributed by atoms with E-state index in [2.05, 4.69) is 12.1 Å². The predicted octanol–water partition coefficient (Wildman–Crippen LogP) is 3.65. The second-order valence-electron chi connectivity index (χ2n) is 6.33. The lowest BCUT2D eigenvalue weighted by atomic mass is 10.0. The molecule has 0 bridgehead atoms. The molecule has 1 aliphatic heterocycles. The first-order valence-corrected chi connectivity index (χ1v) is 8.26. The number of likely N-dealkylation sites (N-methyl/N-ethyl adjacent to an activating group) is 1. The van der Waals surface area contributed by atoms with Crippen molar-refractivity contribution in [3.8, 4) is 0 Å². The van der Waals surface area contributed by atoms with E-state index in [-0.39, 0.29) is 11.7 Å². The van der Waals surface area contributed by atoms with Gasteiger partial charge in [0, 0.05) is 25.5 Å². The van der Waals surface area contributed by atoms with Gasteiger partial charge in [0.25, 0.3) is 5.91 Å². The molecule has 2 heterocycles. The van der Waals surface area contributed by atoms with E-state index in [4.69, 9.17) is 0 Å². The summed E-state index contributed by atoms with van der Waals surface area (Å²) in [7, 11) is 1.81. The Hall–Kier alpha value is -2.62. The minimum Gasteiger partial charge on any atom is -0.340 e. The molecule has 0 N–H and O–H groups in total. The number of para-hydroxylation sites is 1. The van der Waals surface area contributed by atoms with Crippen molar-refractivity contribution >= 4 is 16.8 Å². The normalized spacial score (nSPS) is 14.2. The Morgan fingerprint density at radius 2 is 1.88 bits per heavy atom. The van der Waals surface area contributed by atoms with Crippen LogP contribution < -0.4 is 0 Å². The van der Waals surface area contributed by atoms with Gasteiger partial charge in [0.1, 0.15) is 11.5 Å². The highest BCUT2D eigenvalue weighted by Crippen LogP contribution is 2.32. The second kappa shape index (κ2) is 5.78. The van der Waals surface area contributed by atoms with Crippen LogP contribution in [0.5, 0.6) is 0 Å². The molecule has 3 aromatic rings. The molecule has 1 aliphatic rings. The van der Waals surface area contributed by atoms with Gasteiger partial charge in [-0.1, -0.05) is 42.5 Å². The molecule has 1 aromatic heterocycles. The van der Waals surface area contributed by atoms with Gasteiger partial charge in [-0.25, -0.2) is 4.39 Å². The van der Waals surface area contributed by atoms with Crippen molar-refractivity contribution in [2.75, 3.05) is 13.6 Å². The Morgan fingerprint density at radius 3 is 2.67 bits per heavy atom. The first-order valence-electron chi connectivity index (χ1n) is 8.26. The number of carbonyl (C=O) groups excluding carboxylic acids is 1. The number of hydrogen-bond donors (Lipinski definition) is 0. The SMILES string of the molecule is CN1CCc2c(n(CCc3ccccc3)c3c(F)cccc23)C1=O. The maximum absolute atomic E-state index is 14.5. The Kier molecular flexibility index (Phi) is 3.60. The van der Waals surface area contributed by atoms with Gasteiger partial charge >= 0.3 is 0 Å². The monoisotopic (exact) mass is 322 g/mol. The predicted molar refractivity (Wildman–Crippen MR) is 92.7 cm³/mol. The van der Waals surface area contributed by atoms with Crippen LogP contribution in [0.3, 0.4) is 0 Å². The Bertz CT molecular complexity index is 914. The summed E-state index contributed by atoms with van der Waals surface area (Å²) < 4.78 is 16.4. The van der Waals surface area contributed by atoms with Gasteiger partial charge in [0.2, 0.25) is 0 Å². The average molecular weight is 322 g/mol. The van der Waals surface area contributed by atoms with Gasteiger partial charge in [0.15, 0.2) is 0 Å². The summed E-state index contributed by atoms with van der Waals surface area (Å²) in [6.45, 7) is 1.27. The zero-order valence-corrected chi connectivity index (χ0v) is 13.6. The van der Waals surface area contributed by atoms with E-state index in [1.54, 1.807) is 18.0 Å². The fourth-order valence-corrected chi connectivity index (χ4v) is 3.60. The standard InChI is InChI=1S/C20H19FN2O/c1-22-12-11-16-15-8-5-9-17(21)18(15)23(19(16)20(22)24)13-10-14-6-3-2-4-7-14/h2-9H,10-13H2,1H3. The number of nitrogens with zero attached hydrogens (tertiary/aromatic N) is 2. The molecule has 3 nitrogen and oxygen atoms in total. The van der Waals surface area contributed by atoms with Crippen LogP contribution in [0.2, 0.25) is 0 Å². The van der Waals surface area contributed by atoms with Gasteiger partial charge in [-0.3, -0.25) is 4.79 Å². The minimum atomic E-state index is -0.259. The number of fused-ring (bicyclic) bond motifs is 3. The van der Waals surface area contributed by atoms with E-state index in [0.29, 0.717) is 24.3 Å². The van der Waals surface area contributed by atoms with Crippen LogP contribution in [0.4, 0.5) is 4.39 Å². The van der Waals surface area contributed by atoms with Crippen LogP contribution in [0.25, 0.3) is 10.9 Å². The molecule has 0 spiro atoms. The molecule has 0 fully saturated rings. The number of aryl methyl sites for hydroxylation is 2. The number of rotatable bonds is 3. The summed E-state index contributed by atoms with van der Waals surface area (Å²) in [5.74, 6) is -0.273. The maximum atomic E-state index is 14.5. The van der Waals surface area contributed by atoms with Gasteiger partial charge in [0.05, 0.1) is 5.52 Å². The van der Waals surface area contributed by atoms with E-state index in [9.17, 15) is 9.18 Å². The lowest BCUT2D eigenvalue weighted by molar-refractivity contribution is 0.0770. The topological polar surface area (TPSA) is 25.2 Å².